The Morgan fingerprint density at radius 2 is 2.18 bits per heavy atom. The molecule has 1 aliphatic carbocycles. The van der Waals surface area contributed by atoms with Crippen molar-refractivity contribution in [2.24, 2.45) is 5.92 Å². The van der Waals surface area contributed by atoms with Crippen molar-refractivity contribution in [1.82, 2.24) is 0 Å². The fourth-order valence-corrected chi connectivity index (χ4v) is 1.37. The van der Waals surface area contributed by atoms with Crippen LogP contribution in [0.15, 0.2) is 12.2 Å². The van der Waals surface area contributed by atoms with Crippen LogP contribution in [0.5, 0.6) is 0 Å². The maximum atomic E-state index is 10.6. The second kappa shape index (κ2) is 4.16. The summed E-state index contributed by atoms with van der Waals surface area (Å²) in [5, 5.41) is 8.70. The molecule has 0 aliphatic heterocycles. The molecule has 0 saturated heterocycles. The Labute approximate surface area is 66.9 Å². The summed E-state index contributed by atoms with van der Waals surface area (Å²) in [5.41, 5.74) is 0. The summed E-state index contributed by atoms with van der Waals surface area (Å²) in [6.07, 6.45) is 9.13. The number of carboxylic acids is 1. The van der Waals surface area contributed by atoms with E-state index < -0.39 is 5.97 Å². The molecule has 0 amide bonds. The fraction of sp³-hybridized carbons (Fsp3) is 0.667. The summed E-state index contributed by atoms with van der Waals surface area (Å²) >= 11 is 0. The quantitative estimate of drug-likeness (QED) is 0.588. The molecule has 0 spiro atoms. The van der Waals surface area contributed by atoms with Crippen LogP contribution in [0.2, 0.25) is 0 Å². The third-order valence-electron chi connectivity index (χ3n) is 2.07. The van der Waals surface area contributed by atoms with Crippen LogP contribution in [0.3, 0.4) is 0 Å². The molecule has 1 N–H and O–H groups in total. The summed E-state index contributed by atoms with van der Waals surface area (Å²) in [5.74, 6) is -0.904. The lowest BCUT2D eigenvalue weighted by molar-refractivity contribution is -0.140. The summed E-state index contributed by atoms with van der Waals surface area (Å²) in [4.78, 5) is 10.6. The molecule has 0 fully saturated rings. The Morgan fingerprint density at radius 3 is 2.91 bits per heavy atom. The van der Waals surface area contributed by atoms with Crippen molar-refractivity contribution in [3.8, 4) is 0 Å². The average molecular weight is 154 g/mol. The average Bonchev–Trinajstić information content (AvgIpc) is 1.84. The molecule has 1 aliphatic rings. The number of carboxylic acid groups (broad SMARTS) is 1. The molecule has 2 nitrogen and oxygen atoms in total. The summed E-state index contributed by atoms with van der Waals surface area (Å²) in [7, 11) is 0. The van der Waals surface area contributed by atoms with Gasteiger partial charge in [0.2, 0.25) is 0 Å². The predicted octanol–water partition coefficient (Wildman–Crippen LogP) is 2.21. The Bertz CT molecular complexity index is 161. The van der Waals surface area contributed by atoms with E-state index in [0.717, 1.165) is 19.3 Å². The Balaban J connectivity index is 2.48. The zero-order chi connectivity index (χ0) is 8.10. The number of rotatable bonds is 1. The van der Waals surface area contributed by atoms with Crippen molar-refractivity contribution in [2.45, 2.75) is 32.1 Å². The van der Waals surface area contributed by atoms with Gasteiger partial charge in [0.25, 0.3) is 0 Å². The number of hydrogen-bond donors (Lipinski definition) is 1. The van der Waals surface area contributed by atoms with Crippen LogP contribution in [0.1, 0.15) is 32.1 Å². The highest BCUT2D eigenvalue weighted by molar-refractivity contribution is 5.72. The van der Waals surface area contributed by atoms with E-state index in [1.54, 1.807) is 0 Å². The maximum absolute atomic E-state index is 10.6. The van der Waals surface area contributed by atoms with Gasteiger partial charge in [-0.15, -0.1) is 0 Å². The Hall–Kier alpha value is -0.790. The monoisotopic (exact) mass is 154 g/mol. The van der Waals surface area contributed by atoms with Gasteiger partial charge in [0.1, 0.15) is 0 Å². The second-order valence-corrected chi connectivity index (χ2v) is 3.01. The second-order valence-electron chi connectivity index (χ2n) is 3.01. The van der Waals surface area contributed by atoms with Crippen LogP contribution in [0.4, 0.5) is 0 Å². The molecule has 0 saturated carbocycles. The number of allylic oxidation sites excluding steroid dienone is 1. The van der Waals surface area contributed by atoms with E-state index in [-0.39, 0.29) is 5.92 Å². The van der Waals surface area contributed by atoms with Crippen LogP contribution < -0.4 is 0 Å². The number of hydrogen-bond acceptors (Lipinski definition) is 1. The lowest BCUT2D eigenvalue weighted by Crippen LogP contribution is -2.11. The molecule has 2 heteroatoms. The lowest BCUT2D eigenvalue weighted by Gasteiger charge is -2.09. The van der Waals surface area contributed by atoms with E-state index in [0.29, 0.717) is 0 Å². The minimum atomic E-state index is -0.678. The van der Waals surface area contributed by atoms with Crippen LogP contribution in [-0.4, -0.2) is 11.1 Å². The van der Waals surface area contributed by atoms with Crippen LogP contribution in [0, 0.1) is 5.92 Å². The van der Waals surface area contributed by atoms with Crippen LogP contribution >= 0.6 is 0 Å². The smallest absolute Gasteiger partial charge is 0.310 e. The van der Waals surface area contributed by atoms with Gasteiger partial charge in [-0.3, -0.25) is 4.79 Å². The molecule has 0 aromatic carbocycles. The minimum absolute atomic E-state index is 0.227. The van der Waals surface area contributed by atoms with Crippen molar-refractivity contribution in [3.05, 3.63) is 12.2 Å². The largest absolute Gasteiger partial charge is 0.481 e. The Kier molecular flexibility index (Phi) is 3.14. The standard InChI is InChI=1S/C9H14O2/c10-9(11)8-6-4-2-1-3-5-7-8/h4,6,8H,1-3,5,7H2,(H,10,11)/b6-4-/t8-/m1/s1. The number of carbonyl (C=O) groups is 1. The van der Waals surface area contributed by atoms with Gasteiger partial charge in [-0.25, -0.2) is 0 Å². The van der Waals surface area contributed by atoms with E-state index in [2.05, 4.69) is 0 Å². The molecule has 0 bridgehead atoms. The molecule has 0 heterocycles. The van der Waals surface area contributed by atoms with E-state index in [9.17, 15) is 4.79 Å². The highest BCUT2D eigenvalue weighted by Crippen LogP contribution is 2.16. The third-order valence-corrected chi connectivity index (χ3v) is 2.07. The van der Waals surface area contributed by atoms with Gasteiger partial charge in [-0.05, 0) is 19.3 Å². The molecule has 1 rings (SSSR count). The zero-order valence-electron chi connectivity index (χ0n) is 6.62. The van der Waals surface area contributed by atoms with Crippen LogP contribution in [-0.2, 0) is 4.79 Å². The van der Waals surface area contributed by atoms with Crippen molar-refractivity contribution in [2.75, 3.05) is 0 Å². The van der Waals surface area contributed by atoms with Crippen molar-refractivity contribution in [3.63, 3.8) is 0 Å². The fourth-order valence-electron chi connectivity index (χ4n) is 1.37. The van der Waals surface area contributed by atoms with E-state index in [1.165, 1.54) is 12.8 Å². The van der Waals surface area contributed by atoms with Gasteiger partial charge >= 0.3 is 5.97 Å². The molecule has 11 heavy (non-hydrogen) atoms. The normalized spacial score (nSPS) is 28.5. The van der Waals surface area contributed by atoms with Gasteiger partial charge in [0.05, 0.1) is 5.92 Å². The topological polar surface area (TPSA) is 37.3 Å². The minimum Gasteiger partial charge on any atom is -0.481 e. The predicted molar refractivity (Wildman–Crippen MR) is 43.4 cm³/mol. The lowest BCUT2D eigenvalue weighted by atomic mass is 9.97. The molecule has 62 valence electrons. The molecule has 1 atom stereocenters. The molecular weight excluding hydrogens is 140 g/mol. The van der Waals surface area contributed by atoms with Crippen LogP contribution in [0.25, 0.3) is 0 Å². The first kappa shape index (κ1) is 8.31. The van der Waals surface area contributed by atoms with Gasteiger partial charge in [-0.2, -0.15) is 0 Å². The highest BCUT2D eigenvalue weighted by atomic mass is 16.4. The van der Waals surface area contributed by atoms with E-state index >= 15 is 0 Å². The first-order valence-electron chi connectivity index (χ1n) is 4.20. The molecular formula is C9H14O2. The first-order chi connectivity index (χ1) is 5.30. The van der Waals surface area contributed by atoms with E-state index in [1.807, 2.05) is 12.2 Å². The van der Waals surface area contributed by atoms with Gasteiger partial charge in [-0.1, -0.05) is 25.0 Å². The van der Waals surface area contributed by atoms with Gasteiger partial charge in [0.15, 0.2) is 0 Å². The molecule has 0 aromatic rings. The molecule has 0 unspecified atom stereocenters. The first-order valence-corrected chi connectivity index (χ1v) is 4.20. The summed E-state index contributed by atoms with van der Waals surface area (Å²) in [6, 6.07) is 0. The zero-order valence-corrected chi connectivity index (χ0v) is 6.62. The SMILES string of the molecule is O=C(O)[C@@H]1/C=C\CCCCC1. The maximum Gasteiger partial charge on any atom is 0.310 e. The van der Waals surface area contributed by atoms with Crippen molar-refractivity contribution in [1.29, 1.82) is 0 Å². The third kappa shape index (κ3) is 2.74. The summed E-state index contributed by atoms with van der Waals surface area (Å²) in [6.45, 7) is 0. The van der Waals surface area contributed by atoms with Gasteiger partial charge < -0.3 is 5.11 Å². The van der Waals surface area contributed by atoms with E-state index in [4.69, 9.17) is 5.11 Å². The Morgan fingerprint density at radius 1 is 1.36 bits per heavy atom. The van der Waals surface area contributed by atoms with Crippen molar-refractivity contribution < 1.29 is 9.90 Å². The number of aliphatic carboxylic acids is 1. The molecule has 0 radical (unpaired) electrons. The van der Waals surface area contributed by atoms with Gasteiger partial charge in [0, 0.05) is 0 Å². The highest BCUT2D eigenvalue weighted by Gasteiger charge is 2.13. The summed E-state index contributed by atoms with van der Waals surface area (Å²) < 4.78 is 0. The van der Waals surface area contributed by atoms with Crippen molar-refractivity contribution >= 4 is 5.97 Å². The molecule has 0 aromatic heterocycles.